The van der Waals surface area contributed by atoms with E-state index in [1.54, 1.807) is 0 Å². The summed E-state index contributed by atoms with van der Waals surface area (Å²) >= 11 is 0. The summed E-state index contributed by atoms with van der Waals surface area (Å²) in [5.41, 5.74) is 10.1. The van der Waals surface area contributed by atoms with E-state index in [9.17, 15) is 9.59 Å². The monoisotopic (exact) mass is 404 g/mol. The summed E-state index contributed by atoms with van der Waals surface area (Å²) in [7, 11) is 0. The number of rotatable bonds is 8. The number of amides is 2. The van der Waals surface area contributed by atoms with Crippen molar-refractivity contribution in [2.24, 2.45) is 5.73 Å². The number of carbonyl (C=O) groups is 2. The van der Waals surface area contributed by atoms with Crippen molar-refractivity contribution >= 4 is 22.7 Å². The second-order valence-electron chi connectivity index (χ2n) is 7.96. The number of nitrogens with two attached hydrogens (primary N) is 1. The molecule has 6 heteroatoms. The van der Waals surface area contributed by atoms with Crippen molar-refractivity contribution in [1.82, 2.24) is 15.6 Å². The lowest BCUT2D eigenvalue weighted by atomic mass is 10.0. The molecule has 1 unspecified atom stereocenters. The smallest absolute Gasteiger partial charge is 0.243 e. The van der Waals surface area contributed by atoms with Gasteiger partial charge < -0.3 is 21.4 Å². The predicted octanol–water partition coefficient (Wildman–Crippen LogP) is 2.22. The highest BCUT2D eigenvalue weighted by atomic mass is 16.2. The normalized spacial score (nSPS) is 14.4. The van der Waals surface area contributed by atoms with E-state index in [4.69, 9.17) is 5.73 Å². The molecule has 1 heterocycles. The van der Waals surface area contributed by atoms with Gasteiger partial charge in [-0.3, -0.25) is 9.59 Å². The summed E-state index contributed by atoms with van der Waals surface area (Å²) in [6.07, 6.45) is 4.92. The highest BCUT2D eigenvalue weighted by molar-refractivity contribution is 5.89. The lowest BCUT2D eigenvalue weighted by Gasteiger charge is -2.21. The van der Waals surface area contributed by atoms with Gasteiger partial charge in [0.1, 0.15) is 6.04 Å². The van der Waals surface area contributed by atoms with Crippen molar-refractivity contribution < 1.29 is 9.59 Å². The van der Waals surface area contributed by atoms with Gasteiger partial charge in [-0.1, -0.05) is 42.5 Å². The maximum Gasteiger partial charge on any atom is 0.243 e. The number of hydrogen-bond acceptors (Lipinski definition) is 3. The zero-order valence-corrected chi connectivity index (χ0v) is 17.0. The summed E-state index contributed by atoms with van der Waals surface area (Å²) < 4.78 is 0. The molecule has 0 radical (unpaired) electrons. The molecule has 1 aliphatic rings. The molecule has 156 valence electrons. The number of benzene rings is 2. The fraction of sp³-hybridized carbons (Fsp3) is 0.333. The molecule has 4 rings (SSSR count). The van der Waals surface area contributed by atoms with E-state index in [-0.39, 0.29) is 17.9 Å². The molecule has 6 nitrogen and oxygen atoms in total. The third-order valence-corrected chi connectivity index (χ3v) is 5.76. The van der Waals surface area contributed by atoms with Gasteiger partial charge in [-0.15, -0.1) is 0 Å². The Morgan fingerprint density at radius 3 is 2.50 bits per heavy atom. The predicted molar refractivity (Wildman–Crippen MR) is 118 cm³/mol. The van der Waals surface area contributed by atoms with E-state index >= 15 is 0 Å². The lowest BCUT2D eigenvalue weighted by molar-refractivity contribution is -0.129. The fourth-order valence-corrected chi connectivity index (χ4v) is 4.22. The number of hydrogen-bond donors (Lipinski definition) is 4. The summed E-state index contributed by atoms with van der Waals surface area (Å²) in [5, 5.41) is 7.16. The van der Waals surface area contributed by atoms with Crippen molar-refractivity contribution in [3.8, 4) is 0 Å². The van der Waals surface area contributed by atoms with Gasteiger partial charge in [0.2, 0.25) is 11.8 Å². The van der Waals surface area contributed by atoms with Gasteiger partial charge in [0.05, 0.1) is 0 Å². The number of carbonyl (C=O) groups excluding carboxylic acids is 2. The summed E-state index contributed by atoms with van der Waals surface area (Å²) in [4.78, 5) is 28.8. The summed E-state index contributed by atoms with van der Waals surface area (Å²) in [5.74, 6) is -0.283. The Balaban J connectivity index is 1.48. The third-order valence-electron chi connectivity index (χ3n) is 5.76. The zero-order valence-electron chi connectivity index (χ0n) is 17.0. The van der Waals surface area contributed by atoms with Crippen molar-refractivity contribution in [2.75, 3.05) is 6.54 Å². The van der Waals surface area contributed by atoms with Crippen LogP contribution in [0.25, 0.3) is 10.9 Å². The van der Waals surface area contributed by atoms with Crippen molar-refractivity contribution in [2.45, 2.75) is 44.2 Å². The zero-order chi connectivity index (χ0) is 20.9. The molecule has 3 aromatic rings. The molecule has 0 spiro atoms. The Morgan fingerprint density at radius 1 is 1.07 bits per heavy atom. The van der Waals surface area contributed by atoms with E-state index in [0.717, 1.165) is 29.3 Å². The van der Waals surface area contributed by atoms with Crippen LogP contribution in [0.15, 0.2) is 54.7 Å². The highest BCUT2D eigenvalue weighted by Gasteiger charge is 2.27. The molecule has 0 saturated heterocycles. The second-order valence-corrected chi connectivity index (χ2v) is 7.96. The molecule has 30 heavy (non-hydrogen) atoms. The van der Waals surface area contributed by atoms with Crippen LogP contribution in [0.3, 0.4) is 0 Å². The Labute approximate surface area is 176 Å². The largest absolute Gasteiger partial charge is 0.361 e. The van der Waals surface area contributed by atoms with Crippen LogP contribution in [-0.4, -0.2) is 35.4 Å². The molecule has 0 aliphatic heterocycles. The molecule has 0 bridgehead atoms. The first-order chi connectivity index (χ1) is 14.6. The number of aromatic nitrogens is 1. The molecule has 2 aromatic carbocycles. The maximum absolute atomic E-state index is 13.2. The van der Waals surface area contributed by atoms with Crippen molar-refractivity contribution in [3.05, 3.63) is 71.4 Å². The van der Waals surface area contributed by atoms with Gasteiger partial charge in [0, 0.05) is 36.0 Å². The van der Waals surface area contributed by atoms with Crippen LogP contribution in [0.4, 0.5) is 0 Å². The second kappa shape index (κ2) is 9.13. The van der Waals surface area contributed by atoms with E-state index in [2.05, 4.69) is 27.8 Å². The molecule has 0 fully saturated rings. The van der Waals surface area contributed by atoms with E-state index in [1.807, 2.05) is 42.6 Å². The molecular weight excluding hydrogens is 376 g/mol. The molecule has 1 aromatic heterocycles. The lowest BCUT2D eigenvalue weighted by Crippen LogP contribution is -2.51. The average molecular weight is 405 g/mol. The maximum atomic E-state index is 13.2. The van der Waals surface area contributed by atoms with Crippen molar-refractivity contribution in [1.29, 1.82) is 0 Å². The molecular formula is C24H28N4O2. The standard InChI is InChI=1S/C24H28N4O2/c25-11-5-10-23(29)28-22(14-18-15-26-21-9-4-3-8-20(18)21)24(30)27-19-12-16-6-1-2-7-17(16)13-19/h1-4,6-9,15,19,22,26H,5,10-14,25H2,(H,27,30)(H,28,29). The van der Waals surface area contributed by atoms with Crippen LogP contribution < -0.4 is 16.4 Å². The number of fused-ring (bicyclic) bond motifs is 2. The Bertz CT molecular complexity index is 1020. The van der Waals surface area contributed by atoms with Gasteiger partial charge in [0.25, 0.3) is 0 Å². The van der Waals surface area contributed by atoms with Crippen LogP contribution in [-0.2, 0) is 28.9 Å². The minimum Gasteiger partial charge on any atom is -0.361 e. The number of nitrogens with one attached hydrogen (secondary N) is 3. The van der Waals surface area contributed by atoms with Crippen LogP contribution in [0.1, 0.15) is 29.5 Å². The Hall–Kier alpha value is -3.12. The van der Waals surface area contributed by atoms with E-state index < -0.39 is 6.04 Å². The molecule has 1 atom stereocenters. The number of para-hydroxylation sites is 1. The minimum atomic E-state index is -0.627. The Kier molecular flexibility index (Phi) is 6.14. The number of aromatic amines is 1. The first kappa shape index (κ1) is 20.2. The molecule has 0 saturated carbocycles. The van der Waals surface area contributed by atoms with Gasteiger partial charge >= 0.3 is 0 Å². The average Bonchev–Trinajstić information content (AvgIpc) is 3.35. The number of H-pyrrole nitrogens is 1. The first-order valence-electron chi connectivity index (χ1n) is 10.6. The molecule has 5 N–H and O–H groups in total. The van der Waals surface area contributed by atoms with Crippen LogP contribution in [0.2, 0.25) is 0 Å². The van der Waals surface area contributed by atoms with E-state index in [0.29, 0.717) is 25.8 Å². The summed E-state index contributed by atoms with van der Waals surface area (Å²) in [6, 6.07) is 15.7. The van der Waals surface area contributed by atoms with Crippen molar-refractivity contribution in [3.63, 3.8) is 0 Å². The van der Waals surface area contributed by atoms with E-state index in [1.165, 1.54) is 11.1 Å². The highest BCUT2D eigenvalue weighted by Crippen LogP contribution is 2.22. The van der Waals surface area contributed by atoms with Gasteiger partial charge in [-0.2, -0.15) is 0 Å². The van der Waals surface area contributed by atoms with Gasteiger partial charge in [-0.05, 0) is 48.6 Å². The third kappa shape index (κ3) is 4.54. The van der Waals surface area contributed by atoms with Crippen LogP contribution in [0, 0.1) is 0 Å². The van der Waals surface area contributed by atoms with Gasteiger partial charge in [0.15, 0.2) is 0 Å². The van der Waals surface area contributed by atoms with Crippen LogP contribution in [0.5, 0.6) is 0 Å². The topological polar surface area (TPSA) is 100 Å². The summed E-state index contributed by atoms with van der Waals surface area (Å²) in [6.45, 7) is 0.451. The Morgan fingerprint density at radius 2 is 1.77 bits per heavy atom. The van der Waals surface area contributed by atoms with Gasteiger partial charge in [-0.25, -0.2) is 0 Å². The quantitative estimate of drug-likeness (QED) is 0.463. The SMILES string of the molecule is NCCCC(=O)NC(Cc1c[nH]c2ccccc12)C(=O)NC1Cc2ccccc2C1. The fourth-order valence-electron chi connectivity index (χ4n) is 4.22. The molecule has 1 aliphatic carbocycles. The first-order valence-corrected chi connectivity index (χ1v) is 10.6. The van der Waals surface area contributed by atoms with Crippen LogP contribution >= 0.6 is 0 Å². The minimum absolute atomic E-state index is 0.0568. The molecule has 2 amide bonds.